The van der Waals surface area contributed by atoms with Crippen LogP contribution in [-0.4, -0.2) is 19.2 Å². The van der Waals surface area contributed by atoms with Crippen molar-refractivity contribution in [3.8, 4) is 0 Å². The van der Waals surface area contributed by atoms with Gasteiger partial charge in [-0.3, -0.25) is 9.71 Å². The van der Waals surface area contributed by atoms with Crippen LogP contribution in [0.1, 0.15) is 12.6 Å². The molecule has 0 bridgehead atoms. The number of sulfonamides is 1. The minimum Gasteiger partial charge on any atom is -0.282 e. The summed E-state index contributed by atoms with van der Waals surface area (Å²) in [6, 6.07) is 3.45. The quantitative estimate of drug-likeness (QED) is 0.796. The molecule has 72 valence electrons. The first-order chi connectivity index (χ1) is 6.03. The van der Waals surface area contributed by atoms with Crippen LogP contribution in [0.15, 0.2) is 18.3 Å². The summed E-state index contributed by atoms with van der Waals surface area (Å²) in [6.07, 6.45) is 1.50. The van der Waals surface area contributed by atoms with E-state index in [4.69, 9.17) is 0 Å². The molecule has 13 heavy (non-hydrogen) atoms. The molecule has 1 heterocycles. The average Bonchev–Trinajstić information content (AvgIpc) is 2.09. The van der Waals surface area contributed by atoms with Gasteiger partial charge in [-0.1, -0.05) is 0 Å². The zero-order valence-corrected chi connectivity index (χ0v) is 8.43. The molecule has 0 saturated heterocycles. The van der Waals surface area contributed by atoms with Crippen LogP contribution >= 0.6 is 0 Å². The SMILES string of the molecule is CCS(=O)(=O)Nc1ccc(C)nc1. The Kier molecular flexibility index (Phi) is 2.87. The number of aryl methyl sites for hydroxylation is 1. The fourth-order valence-electron chi connectivity index (χ4n) is 0.780. The van der Waals surface area contributed by atoms with E-state index >= 15 is 0 Å². The highest BCUT2D eigenvalue weighted by Gasteiger charge is 2.05. The Morgan fingerprint density at radius 1 is 1.46 bits per heavy atom. The van der Waals surface area contributed by atoms with Gasteiger partial charge in [0.25, 0.3) is 0 Å². The van der Waals surface area contributed by atoms with E-state index in [1.807, 2.05) is 6.92 Å². The van der Waals surface area contributed by atoms with Crippen molar-refractivity contribution in [2.75, 3.05) is 10.5 Å². The zero-order chi connectivity index (χ0) is 9.90. The maximum atomic E-state index is 11.1. The van der Waals surface area contributed by atoms with Gasteiger partial charge in [0.2, 0.25) is 10.0 Å². The second-order valence-electron chi connectivity index (χ2n) is 2.69. The van der Waals surface area contributed by atoms with Crippen LogP contribution in [0.3, 0.4) is 0 Å². The number of aromatic nitrogens is 1. The number of anilines is 1. The summed E-state index contributed by atoms with van der Waals surface area (Å²) >= 11 is 0. The Morgan fingerprint density at radius 2 is 2.15 bits per heavy atom. The molecule has 0 fully saturated rings. The molecule has 5 heteroatoms. The first-order valence-corrected chi connectivity index (χ1v) is 5.62. The molecule has 0 aliphatic carbocycles. The molecule has 0 unspecified atom stereocenters. The number of rotatable bonds is 3. The Hall–Kier alpha value is -1.10. The highest BCUT2D eigenvalue weighted by molar-refractivity contribution is 7.92. The summed E-state index contributed by atoms with van der Waals surface area (Å²) in [5, 5.41) is 0. The summed E-state index contributed by atoms with van der Waals surface area (Å²) in [6.45, 7) is 3.43. The monoisotopic (exact) mass is 200 g/mol. The van der Waals surface area contributed by atoms with Crippen molar-refractivity contribution in [2.24, 2.45) is 0 Å². The summed E-state index contributed by atoms with van der Waals surface area (Å²) in [5.41, 5.74) is 1.37. The molecule has 0 saturated carbocycles. The van der Waals surface area contributed by atoms with Crippen LogP contribution in [0.25, 0.3) is 0 Å². The van der Waals surface area contributed by atoms with Gasteiger partial charge >= 0.3 is 0 Å². The maximum Gasteiger partial charge on any atom is 0.232 e. The van der Waals surface area contributed by atoms with Crippen molar-refractivity contribution in [1.29, 1.82) is 0 Å². The maximum absolute atomic E-state index is 11.1. The molecule has 0 aliphatic rings. The van der Waals surface area contributed by atoms with E-state index in [0.717, 1.165) is 5.69 Å². The summed E-state index contributed by atoms with van der Waals surface area (Å²) in [7, 11) is -3.18. The molecule has 0 aliphatic heterocycles. The van der Waals surface area contributed by atoms with Crippen molar-refractivity contribution < 1.29 is 8.42 Å². The largest absolute Gasteiger partial charge is 0.282 e. The lowest BCUT2D eigenvalue weighted by Crippen LogP contribution is -2.14. The van der Waals surface area contributed by atoms with Gasteiger partial charge in [-0.2, -0.15) is 0 Å². The average molecular weight is 200 g/mol. The standard InChI is InChI=1S/C8H12N2O2S/c1-3-13(11,12)10-8-5-4-7(2)9-6-8/h4-6,10H,3H2,1-2H3. The summed E-state index contributed by atoms with van der Waals surface area (Å²) in [5.74, 6) is 0.0703. The van der Waals surface area contributed by atoms with Crippen molar-refractivity contribution in [1.82, 2.24) is 4.98 Å². The topological polar surface area (TPSA) is 59.1 Å². The normalized spacial score (nSPS) is 11.2. The molecule has 1 aromatic heterocycles. The van der Waals surface area contributed by atoms with Crippen LogP contribution in [0.5, 0.6) is 0 Å². The first kappa shape index (κ1) is 9.98. The lowest BCUT2D eigenvalue weighted by molar-refractivity contribution is 0.602. The number of nitrogens with zero attached hydrogens (tertiary/aromatic N) is 1. The molecular formula is C8H12N2O2S. The van der Waals surface area contributed by atoms with Crippen LogP contribution in [0.2, 0.25) is 0 Å². The van der Waals surface area contributed by atoms with Gasteiger partial charge in [0, 0.05) is 5.69 Å². The van der Waals surface area contributed by atoms with Crippen molar-refractivity contribution in [3.05, 3.63) is 24.0 Å². The molecule has 0 amide bonds. The third kappa shape index (κ3) is 3.02. The third-order valence-corrected chi connectivity index (χ3v) is 2.87. The fourth-order valence-corrected chi connectivity index (χ4v) is 1.40. The van der Waals surface area contributed by atoms with Crippen molar-refractivity contribution in [2.45, 2.75) is 13.8 Å². The van der Waals surface area contributed by atoms with E-state index in [9.17, 15) is 8.42 Å². The van der Waals surface area contributed by atoms with Gasteiger partial charge in [-0.15, -0.1) is 0 Å². The number of pyridine rings is 1. The van der Waals surface area contributed by atoms with Crippen molar-refractivity contribution in [3.63, 3.8) is 0 Å². The van der Waals surface area contributed by atoms with Crippen LogP contribution in [-0.2, 0) is 10.0 Å². The van der Waals surface area contributed by atoms with Gasteiger partial charge in [0.05, 0.1) is 17.6 Å². The van der Waals surface area contributed by atoms with Crippen molar-refractivity contribution >= 4 is 15.7 Å². The summed E-state index contributed by atoms with van der Waals surface area (Å²) in [4.78, 5) is 3.97. The molecule has 0 aromatic carbocycles. The lowest BCUT2D eigenvalue weighted by atomic mass is 10.4. The Bertz CT molecular complexity index is 370. The first-order valence-electron chi connectivity index (χ1n) is 3.96. The predicted molar refractivity (Wildman–Crippen MR) is 52.1 cm³/mol. The van der Waals surface area contributed by atoms with E-state index in [1.54, 1.807) is 19.1 Å². The van der Waals surface area contributed by atoms with Gasteiger partial charge in [0.1, 0.15) is 0 Å². The number of hydrogen-bond donors (Lipinski definition) is 1. The van der Waals surface area contributed by atoms with Gasteiger partial charge in [-0.25, -0.2) is 8.42 Å². The van der Waals surface area contributed by atoms with E-state index in [2.05, 4.69) is 9.71 Å². The Morgan fingerprint density at radius 3 is 2.62 bits per heavy atom. The Labute approximate surface area is 78.1 Å². The highest BCUT2D eigenvalue weighted by Crippen LogP contribution is 2.07. The third-order valence-electron chi connectivity index (χ3n) is 1.56. The summed E-state index contributed by atoms with van der Waals surface area (Å²) < 4.78 is 24.6. The van der Waals surface area contributed by atoms with E-state index in [0.29, 0.717) is 5.69 Å². The molecule has 1 aromatic rings. The molecule has 1 N–H and O–H groups in total. The minimum atomic E-state index is -3.18. The molecular weight excluding hydrogens is 188 g/mol. The predicted octanol–water partition coefficient (Wildman–Crippen LogP) is 1.15. The van der Waals surface area contributed by atoms with E-state index < -0.39 is 10.0 Å². The zero-order valence-electron chi connectivity index (χ0n) is 7.61. The number of hydrogen-bond acceptors (Lipinski definition) is 3. The van der Waals surface area contributed by atoms with Gasteiger partial charge < -0.3 is 0 Å². The highest BCUT2D eigenvalue weighted by atomic mass is 32.2. The van der Waals surface area contributed by atoms with Gasteiger partial charge in [-0.05, 0) is 26.0 Å². The fraction of sp³-hybridized carbons (Fsp3) is 0.375. The molecule has 0 spiro atoms. The smallest absolute Gasteiger partial charge is 0.232 e. The molecule has 1 rings (SSSR count). The van der Waals surface area contributed by atoms with Crippen LogP contribution in [0, 0.1) is 6.92 Å². The molecule has 4 nitrogen and oxygen atoms in total. The Balaban J connectivity index is 2.82. The minimum absolute atomic E-state index is 0.0703. The second kappa shape index (κ2) is 3.74. The number of nitrogens with one attached hydrogen (secondary N) is 1. The molecule has 0 radical (unpaired) electrons. The van der Waals surface area contributed by atoms with Crippen LogP contribution < -0.4 is 4.72 Å². The van der Waals surface area contributed by atoms with Gasteiger partial charge in [0.15, 0.2) is 0 Å². The second-order valence-corrected chi connectivity index (χ2v) is 4.70. The van der Waals surface area contributed by atoms with E-state index in [1.165, 1.54) is 6.20 Å². The lowest BCUT2D eigenvalue weighted by Gasteiger charge is -2.04. The van der Waals surface area contributed by atoms with Crippen LogP contribution in [0.4, 0.5) is 5.69 Å². The molecule has 0 atom stereocenters. The van der Waals surface area contributed by atoms with E-state index in [-0.39, 0.29) is 5.75 Å².